The first-order valence-electron chi connectivity index (χ1n) is 6.43. The molecule has 1 aliphatic carbocycles. The molecule has 2 rings (SSSR count). The van der Waals surface area contributed by atoms with Crippen LogP contribution in [-0.2, 0) is 4.79 Å². The van der Waals surface area contributed by atoms with Gasteiger partial charge in [0.15, 0.2) is 0 Å². The van der Waals surface area contributed by atoms with Crippen LogP contribution in [0.5, 0.6) is 0 Å². The van der Waals surface area contributed by atoms with E-state index in [1.807, 2.05) is 0 Å². The molecule has 0 aromatic carbocycles. The van der Waals surface area contributed by atoms with Crippen LogP contribution in [0.4, 0.5) is 0 Å². The molecule has 1 aliphatic heterocycles. The van der Waals surface area contributed by atoms with Gasteiger partial charge in [-0.25, -0.2) is 0 Å². The molecule has 2 unspecified atom stereocenters. The quantitative estimate of drug-likeness (QED) is 0.753. The van der Waals surface area contributed by atoms with E-state index < -0.39 is 0 Å². The summed E-state index contributed by atoms with van der Waals surface area (Å²) in [5, 5.41) is 0. The van der Waals surface area contributed by atoms with Gasteiger partial charge in [0.05, 0.1) is 0 Å². The summed E-state index contributed by atoms with van der Waals surface area (Å²) < 4.78 is 0. The van der Waals surface area contributed by atoms with Crippen LogP contribution in [0.2, 0.25) is 0 Å². The first-order valence-corrected chi connectivity index (χ1v) is 7.06. The molecular weight excluding hydrogens is 218 g/mol. The van der Waals surface area contributed by atoms with Gasteiger partial charge in [0.2, 0.25) is 5.91 Å². The number of hydrogen-bond donors (Lipinski definition) is 1. The van der Waals surface area contributed by atoms with E-state index in [0.717, 1.165) is 25.3 Å². The molecule has 1 amide bonds. The second kappa shape index (κ2) is 4.59. The Hall–Kier alpha value is -0.180. The molecule has 1 heterocycles. The average Bonchev–Trinajstić information content (AvgIpc) is 2.97. The Morgan fingerprint density at radius 1 is 1.31 bits per heavy atom. The smallest absolute Gasteiger partial charge is 0.223 e. The molecule has 0 radical (unpaired) electrons. The Balaban J connectivity index is 1.89. The topological polar surface area (TPSA) is 20.3 Å². The largest absolute Gasteiger partial charge is 0.342 e. The highest BCUT2D eigenvalue weighted by atomic mass is 32.1. The standard InChI is InChI=1S/C13H23NOS/c1-10-5-11(2)8-14(7-10)12(15)6-13(9-16)3-4-13/h10-11,16H,3-9H2,1-2H3. The van der Waals surface area contributed by atoms with Crippen molar-refractivity contribution in [2.24, 2.45) is 17.3 Å². The third-order valence-corrected chi connectivity index (χ3v) is 4.71. The van der Waals surface area contributed by atoms with Crippen molar-refractivity contribution < 1.29 is 4.79 Å². The van der Waals surface area contributed by atoms with Crippen LogP contribution in [0, 0.1) is 17.3 Å². The molecule has 2 atom stereocenters. The third kappa shape index (κ3) is 2.73. The summed E-state index contributed by atoms with van der Waals surface area (Å²) in [7, 11) is 0. The summed E-state index contributed by atoms with van der Waals surface area (Å²) in [6.45, 7) is 6.43. The Bertz CT molecular complexity index is 265. The van der Waals surface area contributed by atoms with Gasteiger partial charge in [-0.1, -0.05) is 13.8 Å². The lowest BCUT2D eigenvalue weighted by atomic mass is 9.91. The normalized spacial score (nSPS) is 32.6. The van der Waals surface area contributed by atoms with Gasteiger partial charge in [-0.2, -0.15) is 12.6 Å². The number of piperidine rings is 1. The van der Waals surface area contributed by atoms with Gasteiger partial charge < -0.3 is 4.90 Å². The van der Waals surface area contributed by atoms with Gasteiger partial charge in [-0.3, -0.25) is 4.79 Å². The van der Waals surface area contributed by atoms with Crippen molar-refractivity contribution in [1.29, 1.82) is 0 Å². The van der Waals surface area contributed by atoms with Crippen molar-refractivity contribution >= 4 is 18.5 Å². The molecule has 0 spiro atoms. The molecule has 0 N–H and O–H groups in total. The van der Waals surface area contributed by atoms with E-state index in [4.69, 9.17) is 0 Å². The molecule has 92 valence electrons. The van der Waals surface area contributed by atoms with Gasteiger partial charge in [-0.15, -0.1) is 0 Å². The predicted octanol–water partition coefficient (Wildman–Crippen LogP) is 2.59. The lowest BCUT2D eigenvalue weighted by molar-refractivity contribution is -0.135. The molecule has 0 aromatic rings. The SMILES string of the molecule is CC1CC(C)CN(C(=O)CC2(CS)CC2)C1. The average molecular weight is 241 g/mol. The van der Waals surface area contributed by atoms with Crippen molar-refractivity contribution in [3.8, 4) is 0 Å². The van der Waals surface area contributed by atoms with Crippen LogP contribution in [-0.4, -0.2) is 29.6 Å². The minimum Gasteiger partial charge on any atom is -0.342 e. The highest BCUT2D eigenvalue weighted by molar-refractivity contribution is 7.80. The van der Waals surface area contributed by atoms with E-state index in [2.05, 4.69) is 31.4 Å². The fourth-order valence-corrected chi connectivity index (χ4v) is 3.29. The molecule has 16 heavy (non-hydrogen) atoms. The second-order valence-electron chi connectivity index (χ2n) is 6.08. The zero-order valence-corrected chi connectivity index (χ0v) is 11.3. The molecule has 1 saturated heterocycles. The van der Waals surface area contributed by atoms with Gasteiger partial charge in [0.25, 0.3) is 0 Å². The minimum atomic E-state index is 0.268. The van der Waals surface area contributed by atoms with Gasteiger partial charge in [0, 0.05) is 19.5 Å². The second-order valence-corrected chi connectivity index (χ2v) is 6.40. The number of rotatable bonds is 3. The summed E-state index contributed by atoms with van der Waals surface area (Å²) in [5.41, 5.74) is 0.268. The highest BCUT2D eigenvalue weighted by Gasteiger charge is 2.44. The van der Waals surface area contributed by atoms with Crippen LogP contribution in [0.15, 0.2) is 0 Å². The van der Waals surface area contributed by atoms with Crippen LogP contribution in [0.25, 0.3) is 0 Å². The number of amides is 1. The predicted molar refractivity (Wildman–Crippen MR) is 69.7 cm³/mol. The monoisotopic (exact) mass is 241 g/mol. The maximum absolute atomic E-state index is 12.2. The molecule has 3 heteroatoms. The summed E-state index contributed by atoms with van der Waals surface area (Å²) in [5.74, 6) is 2.57. The first kappa shape index (κ1) is 12.3. The molecule has 1 saturated carbocycles. The number of nitrogens with zero attached hydrogens (tertiary/aromatic N) is 1. The zero-order valence-electron chi connectivity index (χ0n) is 10.4. The Kier molecular flexibility index (Phi) is 3.53. The Morgan fingerprint density at radius 2 is 1.88 bits per heavy atom. The maximum Gasteiger partial charge on any atom is 0.223 e. The van der Waals surface area contributed by atoms with Crippen molar-refractivity contribution in [2.75, 3.05) is 18.8 Å². The van der Waals surface area contributed by atoms with Crippen molar-refractivity contribution in [3.05, 3.63) is 0 Å². The van der Waals surface area contributed by atoms with Crippen LogP contribution < -0.4 is 0 Å². The summed E-state index contributed by atoms with van der Waals surface area (Å²) in [6, 6.07) is 0. The zero-order chi connectivity index (χ0) is 11.8. The fraction of sp³-hybridized carbons (Fsp3) is 0.923. The number of thiol groups is 1. The molecule has 2 nitrogen and oxygen atoms in total. The number of likely N-dealkylation sites (tertiary alicyclic amines) is 1. The lowest BCUT2D eigenvalue weighted by Gasteiger charge is -2.35. The molecule has 2 aliphatic rings. The lowest BCUT2D eigenvalue weighted by Crippen LogP contribution is -2.43. The van der Waals surface area contributed by atoms with Crippen molar-refractivity contribution in [3.63, 3.8) is 0 Å². The first-order chi connectivity index (χ1) is 7.54. The van der Waals surface area contributed by atoms with Crippen LogP contribution in [0.1, 0.15) is 39.5 Å². The number of hydrogen-bond acceptors (Lipinski definition) is 2. The van der Waals surface area contributed by atoms with Crippen molar-refractivity contribution in [1.82, 2.24) is 4.90 Å². The van der Waals surface area contributed by atoms with Gasteiger partial charge in [-0.05, 0) is 42.3 Å². The minimum absolute atomic E-state index is 0.268. The third-order valence-electron chi connectivity index (χ3n) is 4.04. The van der Waals surface area contributed by atoms with E-state index >= 15 is 0 Å². The van der Waals surface area contributed by atoms with E-state index in [-0.39, 0.29) is 5.41 Å². The number of carbonyl (C=O) groups is 1. The highest BCUT2D eigenvalue weighted by Crippen LogP contribution is 2.50. The Labute approximate surface area is 104 Å². The fourth-order valence-electron chi connectivity index (χ4n) is 2.87. The van der Waals surface area contributed by atoms with Crippen molar-refractivity contribution in [2.45, 2.75) is 39.5 Å². The molecule has 2 fully saturated rings. The van der Waals surface area contributed by atoms with E-state index in [9.17, 15) is 4.79 Å². The summed E-state index contributed by atoms with van der Waals surface area (Å²) in [4.78, 5) is 14.3. The maximum atomic E-state index is 12.2. The van der Waals surface area contributed by atoms with Gasteiger partial charge >= 0.3 is 0 Å². The van der Waals surface area contributed by atoms with E-state index in [1.165, 1.54) is 19.3 Å². The van der Waals surface area contributed by atoms with E-state index in [0.29, 0.717) is 17.7 Å². The molecule has 0 bridgehead atoms. The van der Waals surface area contributed by atoms with Crippen LogP contribution >= 0.6 is 12.6 Å². The summed E-state index contributed by atoms with van der Waals surface area (Å²) in [6.07, 6.45) is 4.39. The number of carbonyl (C=O) groups excluding carboxylic acids is 1. The Morgan fingerprint density at radius 3 is 2.31 bits per heavy atom. The van der Waals surface area contributed by atoms with E-state index in [1.54, 1.807) is 0 Å². The van der Waals surface area contributed by atoms with Crippen LogP contribution in [0.3, 0.4) is 0 Å². The van der Waals surface area contributed by atoms with Gasteiger partial charge in [0.1, 0.15) is 0 Å². The molecule has 0 aromatic heterocycles. The molecular formula is C13H23NOS. The summed E-state index contributed by atoms with van der Waals surface area (Å²) >= 11 is 4.37.